The van der Waals surface area contributed by atoms with Gasteiger partial charge < -0.3 is 20.1 Å². The molecule has 0 saturated heterocycles. The molecule has 5 heteroatoms. The van der Waals surface area contributed by atoms with Gasteiger partial charge in [0.05, 0.1) is 12.1 Å². The molecule has 0 bridgehead atoms. The highest BCUT2D eigenvalue weighted by Gasteiger charge is 2.41. The maximum atomic E-state index is 6.03. The first kappa shape index (κ1) is 12.1. The molecule has 2 aliphatic rings. The van der Waals surface area contributed by atoms with Crippen LogP contribution in [0.4, 0.5) is 0 Å². The summed E-state index contributed by atoms with van der Waals surface area (Å²) in [6, 6.07) is 6.35. The number of guanidine groups is 1. The first-order chi connectivity index (χ1) is 9.02. The summed E-state index contributed by atoms with van der Waals surface area (Å²) in [5, 5.41) is 0. The quantitative estimate of drug-likeness (QED) is 0.879. The summed E-state index contributed by atoms with van der Waals surface area (Å²) in [6.45, 7) is 7.37. The van der Waals surface area contributed by atoms with Gasteiger partial charge in [-0.25, -0.2) is 0 Å². The lowest BCUT2D eigenvalue weighted by Crippen LogP contribution is -2.50. The third-order valence-electron chi connectivity index (χ3n) is 3.84. The summed E-state index contributed by atoms with van der Waals surface area (Å²) in [5.74, 6) is 2.21. The number of fused-ring (bicyclic) bond motifs is 1. The van der Waals surface area contributed by atoms with Crippen LogP contribution in [0.1, 0.15) is 26.3 Å². The Kier molecular flexibility index (Phi) is 2.59. The van der Waals surface area contributed by atoms with Gasteiger partial charge in [0.25, 0.3) is 0 Å². The van der Waals surface area contributed by atoms with Crippen LogP contribution in [-0.2, 0) is 5.54 Å². The summed E-state index contributed by atoms with van der Waals surface area (Å²) in [7, 11) is 0. The fourth-order valence-electron chi connectivity index (χ4n) is 2.94. The SMILES string of the molecule is CC(C)N1C(N)=NCC1(C)c1ccc2c(c1)OCO2. The number of nitrogens with zero attached hydrogens (tertiary/aromatic N) is 2. The highest BCUT2D eigenvalue weighted by molar-refractivity contribution is 5.81. The summed E-state index contributed by atoms with van der Waals surface area (Å²) >= 11 is 0. The Morgan fingerprint density at radius 1 is 1.32 bits per heavy atom. The third-order valence-corrected chi connectivity index (χ3v) is 3.84. The zero-order chi connectivity index (χ0) is 13.6. The van der Waals surface area contributed by atoms with E-state index in [0.29, 0.717) is 25.3 Å². The van der Waals surface area contributed by atoms with Crippen molar-refractivity contribution in [2.45, 2.75) is 32.4 Å². The maximum Gasteiger partial charge on any atom is 0.231 e. The van der Waals surface area contributed by atoms with E-state index in [1.54, 1.807) is 0 Å². The van der Waals surface area contributed by atoms with Crippen molar-refractivity contribution in [3.63, 3.8) is 0 Å². The van der Waals surface area contributed by atoms with E-state index in [1.165, 1.54) is 0 Å². The highest BCUT2D eigenvalue weighted by Crippen LogP contribution is 2.40. The van der Waals surface area contributed by atoms with Crippen LogP contribution in [-0.4, -0.2) is 30.2 Å². The van der Waals surface area contributed by atoms with Crippen LogP contribution in [0.15, 0.2) is 23.2 Å². The van der Waals surface area contributed by atoms with Crippen LogP contribution in [0, 0.1) is 0 Å². The van der Waals surface area contributed by atoms with Crippen molar-refractivity contribution in [3.8, 4) is 11.5 Å². The average molecular weight is 261 g/mol. The topological polar surface area (TPSA) is 60.1 Å². The van der Waals surface area contributed by atoms with Gasteiger partial charge in [-0.1, -0.05) is 6.07 Å². The van der Waals surface area contributed by atoms with Crippen LogP contribution >= 0.6 is 0 Å². The molecule has 1 unspecified atom stereocenters. The molecule has 2 N–H and O–H groups in total. The maximum absolute atomic E-state index is 6.03. The Labute approximate surface area is 113 Å². The van der Waals surface area contributed by atoms with E-state index in [0.717, 1.165) is 17.1 Å². The highest BCUT2D eigenvalue weighted by atomic mass is 16.7. The minimum Gasteiger partial charge on any atom is -0.454 e. The number of benzene rings is 1. The van der Waals surface area contributed by atoms with Crippen molar-refractivity contribution in [2.75, 3.05) is 13.3 Å². The van der Waals surface area contributed by atoms with E-state index in [4.69, 9.17) is 15.2 Å². The molecule has 0 radical (unpaired) electrons. The molecule has 102 valence electrons. The first-order valence-corrected chi connectivity index (χ1v) is 6.52. The molecular formula is C14H19N3O2. The molecule has 0 amide bonds. The van der Waals surface area contributed by atoms with E-state index < -0.39 is 0 Å². The van der Waals surface area contributed by atoms with Gasteiger partial charge in [-0.2, -0.15) is 0 Å². The second-order valence-corrected chi connectivity index (χ2v) is 5.48. The average Bonchev–Trinajstić information content (AvgIpc) is 2.93. The molecule has 1 aromatic rings. The van der Waals surface area contributed by atoms with Crippen molar-refractivity contribution in [1.29, 1.82) is 0 Å². The Bertz CT molecular complexity index is 541. The number of aliphatic imine (C=N–C) groups is 1. The molecule has 0 saturated carbocycles. The van der Waals surface area contributed by atoms with Gasteiger partial charge in [0.2, 0.25) is 6.79 Å². The van der Waals surface area contributed by atoms with Crippen molar-refractivity contribution >= 4 is 5.96 Å². The third kappa shape index (κ3) is 1.72. The minimum atomic E-state index is -0.223. The standard InChI is InChI=1S/C14H19N3O2/c1-9(2)17-13(15)16-7-14(17,3)10-4-5-11-12(6-10)19-8-18-11/h4-6,9H,7-8H2,1-3H3,(H2,15,16). The molecule has 5 nitrogen and oxygen atoms in total. The first-order valence-electron chi connectivity index (χ1n) is 6.52. The number of hydrogen-bond donors (Lipinski definition) is 1. The van der Waals surface area contributed by atoms with Crippen molar-refractivity contribution in [1.82, 2.24) is 4.90 Å². The fraction of sp³-hybridized carbons (Fsp3) is 0.500. The summed E-state index contributed by atoms with van der Waals surface area (Å²) < 4.78 is 10.8. The fourth-order valence-corrected chi connectivity index (χ4v) is 2.94. The zero-order valence-electron chi connectivity index (χ0n) is 11.5. The van der Waals surface area contributed by atoms with Gasteiger partial charge in [-0.15, -0.1) is 0 Å². The number of ether oxygens (including phenoxy) is 2. The molecule has 2 heterocycles. The monoisotopic (exact) mass is 261 g/mol. The van der Waals surface area contributed by atoms with Gasteiger partial charge in [0.15, 0.2) is 17.5 Å². The van der Waals surface area contributed by atoms with Gasteiger partial charge in [-0.3, -0.25) is 4.99 Å². The second-order valence-electron chi connectivity index (χ2n) is 5.48. The van der Waals surface area contributed by atoms with Crippen LogP contribution in [0.3, 0.4) is 0 Å². The molecule has 19 heavy (non-hydrogen) atoms. The van der Waals surface area contributed by atoms with Gasteiger partial charge >= 0.3 is 0 Å². The van der Waals surface area contributed by atoms with E-state index in [-0.39, 0.29) is 5.54 Å². The lowest BCUT2D eigenvalue weighted by atomic mass is 9.90. The molecule has 2 aliphatic heterocycles. The lowest BCUT2D eigenvalue weighted by Gasteiger charge is -2.39. The van der Waals surface area contributed by atoms with Crippen LogP contribution in [0.5, 0.6) is 11.5 Å². The van der Waals surface area contributed by atoms with Crippen molar-refractivity contribution in [3.05, 3.63) is 23.8 Å². The molecule has 0 fully saturated rings. The van der Waals surface area contributed by atoms with Gasteiger partial charge in [0.1, 0.15) is 0 Å². The lowest BCUT2D eigenvalue weighted by molar-refractivity contribution is 0.172. The largest absolute Gasteiger partial charge is 0.454 e. The predicted molar refractivity (Wildman–Crippen MR) is 73.4 cm³/mol. The number of nitrogens with two attached hydrogens (primary N) is 1. The summed E-state index contributed by atoms with van der Waals surface area (Å²) in [5.41, 5.74) is 6.95. The summed E-state index contributed by atoms with van der Waals surface area (Å²) in [4.78, 5) is 6.57. The van der Waals surface area contributed by atoms with Gasteiger partial charge in [-0.05, 0) is 38.5 Å². The summed E-state index contributed by atoms with van der Waals surface area (Å²) in [6.07, 6.45) is 0. The van der Waals surface area contributed by atoms with Crippen molar-refractivity contribution in [2.24, 2.45) is 10.7 Å². The molecule has 0 aliphatic carbocycles. The smallest absolute Gasteiger partial charge is 0.231 e. The Hall–Kier alpha value is -1.91. The van der Waals surface area contributed by atoms with Crippen LogP contribution < -0.4 is 15.2 Å². The molecule has 3 rings (SSSR count). The second kappa shape index (κ2) is 4.05. The normalized spacial score (nSPS) is 25.1. The molecular weight excluding hydrogens is 242 g/mol. The van der Waals surface area contributed by atoms with E-state index in [1.807, 2.05) is 12.1 Å². The van der Waals surface area contributed by atoms with Crippen LogP contribution in [0.25, 0.3) is 0 Å². The number of hydrogen-bond acceptors (Lipinski definition) is 5. The van der Waals surface area contributed by atoms with Crippen molar-refractivity contribution < 1.29 is 9.47 Å². The molecule has 0 spiro atoms. The number of rotatable bonds is 2. The molecule has 1 aromatic carbocycles. The van der Waals surface area contributed by atoms with E-state index in [9.17, 15) is 0 Å². The Morgan fingerprint density at radius 3 is 2.79 bits per heavy atom. The predicted octanol–water partition coefficient (Wildman–Crippen LogP) is 1.67. The molecule has 0 aromatic heterocycles. The van der Waals surface area contributed by atoms with Crippen LogP contribution in [0.2, 0.25) is 0 Å². The zero-order valence-corrected chi connectivity index (χ0v) is 11.5. The Morgan fingerprint density at radius 2 is 2.05 bits per heavy atom. The minimum absolute atomic E-state index is 0.223. The van der Waals surface area contributed by atoms with E-state index in [2.05, 4.69) is 36.7 Å². The van der Waals surface area contributed by atoms with E-state index >= 15 is 0 Å². The molecule has 1 atom stereocenters. The van der Waals surface area contributed by atoms with Gasteiger partial charge in [0, 0.05) is 6.04 Å². The Balaban J connectivity index is 2.01.